The van der Waals surface area contributed by atoms with E-state index in [1.165, 1.54) is 18.5 Å². The molecule has 0 radical (unpaired) electrons. The molecule has 0 amide bonds. The molecular weight excluding hydrogens is 299 g/mol. The van der Waals surface area contributed by atoms with Crippen LogP contribution in [-0.2, 0) is 7.05 Å². The van der Waals surface area contributed by atoms with Crippen LogP contribution in [-0.4, -0.2) is 37.9 Å². The summed E-state index contributed by atoms with van der Waals surface area (Å²) < 4.78 is 19.9. The zero-order valence-corrected chi connectivity index (χ0v) is 12.5. The summed E-state index contributed by atoms with van der Waals surface area (Å²) in [5.74, 6) is 1.47. The predicted molar refractivity (Wildman–Crippen MR) is 82.4 cm³/mol. The van der Waals surface area contributed by atoms with Crippen molar-refractivity contribution in [1.29, 1.82) is 0 Å². The maximum Gasteiger partial charge on any atom is 0.223 e. The van der Waals surface area contributed by atoms with Crippen LogP contribution < -0.4 is 10.1 Å². The second kappa shape index (κ2) is 6.82. The summed E-state index contributed by atoms with van der Waals surface area (Å²) in [5, 5.41) is 7.09. The fourth-order valence-electron chi connectivity index (χ4n) is 1.96. The Labute approximate surface area is 132 Å². The molecule has 3 aromatic rings. The van der Waals surface area contributed by atoms with Crippen molar-refractivity contribution in [2.75, 3.05) is 18.5 Å². The number of aryl methyl sites for hydroxylation is 1. The molecule has 8 heteroatoms. The Morgan fingerprint density at radius 1 is 1.17 bits per heavy atom. The predicted octanol–water partition coefficient (Wildman–Crippen LogP) is 1.90. The number of nitrogens with zero attached hydrogens (tertiary/aromatic N) is 5. The van der Waals surface area contributed by atoms with E-state index in [0.717, 1.165) is 0 Å². The minimum Gasteiger partial charge on any atom is -0.492 e. The lowest BCUT2D eigenvalue weighted by atomic mass is 10.3. The molecule has 0 fully saturated rings. The number of hydrogen-bond donors (Lipinski definition) is 1. The molecule has 1 N–H and O–H groups in total. The van der Waals surface area contributed by atoms with Gasteiger partial charge < -0.3 is 10.1 Å². The van der Waals surface area contributed by atoms with Gasteiger partial charge in [0.15, 0.2) is 5.82 Å². The molecule has 0 unspecified atom stereocenters. The molecule has 1 aromatic carbocycles. The highest BCUT2D eigenvalue weighted by Crippen LogP contribution is 2.13. The van der Waals surface area contributed by atoms with E-state index in [1.54, 1.807) is 36.1 Å². The summed E-state index contributed by atoms with van der Waals surface area (Å²) in [5.41, 5.74) is 0.682. The molecule has 23 heavy (non-hydrogen) atoms. The van der Waals surface area contributed by atoms with Crippen LogP contribution in [0.15, 0.2) is 42.9 Å². The molecule has 0 aliphatic carbocycles. The van der Waals surface area contributed by atoms with Gasteiger partial charge >= 0.3 is 0 Å². The minimum atomic E-state index is -0.288. The standard InChI is InChI=1S/C15H15FN6O/c1-22-14(19-10-20-22)13-6-7-17-15(21-13)18-8-9-23-12-4-2-11(16)3-5-12/h2-7,10H,8-9H2,1H3,(H,17,18,21). The SMILES string of the molecule is Cn1ncnc1-c1ccnc(NCCOc2ccc(F)cc2)n1. The average molecular weight is 314 g/mol. The maximum absolute atomic E-state index is 12.8. The normalized spacial score (nSPS) is 10.5. The number of benzene rings is 1. The third kappa shape index (κ3) is 3.79. The van der Waals surface area contributed by atoms with Crippen LogP contribution in [0.5, 0.6) is 5.75 Å². The van der Waals surface area contributed by atoms with Gasteiger partial charge in [0, 0.05) is 13.2 Å². The first-order valence-electron chi connectivity index (χ1n) is 7.02. The Balaban J connectivity index is 1.54. The fourth-order valence-corrected chi connectivity index (χ4v) is 1.96. The largest absolute Gasteiger partial charge is 0.492 e. The highest BCUT2D eigenvalue weighted by atomic mass is 19.1. The lowest BCUT2D eigenvalue weighted by molar-refractivity contribution is 0.332. The van der Waals surface area contributed by atoms with Crippen molar-refractivity contribution >= 4 is 5.95 Å². The second-order valence-corrected chi connectivity index (χ2v) is 4.70. The average Bonchev–Trinajstić information content (AvgIpc) is 3.00. The van der Waals surface area contributed by atoms with Gasteiger partial charge in [-0.15, -0.1) is 0 Å². The summed E-state index contributed by atoms with van der Waals surface area (Å²) in [6, 6.07) is 7.65. The van der Waals surface area contributed by atoms with Crippen LogP contribution in [0.2, 0.25) is 0 Å². The number of hydrogen-bond acceptors (Lipinski definition) is 6. The van der Waals surface area contributed by atoms with E-state index in [2.05, 4.69) is 25.4 Å². The summed E-state index contributed by atoms with van der Waals surface area (Å²) in [6.07, 6.45) is 3.13. The van der Waals surface area contributed by atoms with Gasteiger partial charge in [-0.25, -0.2) is 24.0 Å². The first kappa shape index (κ1) is 14.9. The molecule has 118 valence electrons. The van der Waals surface area contributed by atoms with Crippen LogP contribution in [0.25, 0.3) is 11.5 Å². The van der Waals surface area contributed by atoms with E-state index in [9.17, 15) is 4.39 Å². The van der Waals surface area contributed by atoms with Crippen molar-refractivity contribution in [2.24, 2.45) is 7.05 Å². The third-order valence-electron chi connectivity index (χ3n) is 3.06. The zero-order valence-electron chi connectivity index (χ0n) is 12.5. The van der Waals surface area contributed by atoms with Gasteiger partial charge in [0.05, 0.1) is 6.54 Å². The van der Waals surface area contributed by atoms with Crippen molar-refractivity contribution in [3.63, 3.8) is 0 Å². The van der Waals surface area contributed by atoms with Crippen molar-refractivity contribution in [3.8, 4) is 17.3 Å². The van der Waals surface area contributed by atoms with Crippen molar-refractivity contribution < 1.29 is 9.13 Å². The molecule has 3 rings (SSSR count). The lowest BCUT2D eigenvalue weighted by Gasteiger charge is -2.08. The molecule has 0 aliphatic heterocycles. The van der Waals surface area contributed by atoms with E-state index >= 15 is 0 Å². The molecule has 0 saturated heterocycles. The van der Waals surface area contributed by atoms with Gasteiger partial charge in [-0.1, -0.05) is 0 Å². The highest BCUT2D eigenvalue weighted by Gasteiger charge is 2.07. The number of ether oxygens (including phenoxy) is 1. The molecule has 0 atom stereocenters. The van der Waals surface area contributed by atoms with Crippen molar-refractivity contribution in [3.05, 3.63) is 48.7 Å². The first-order valence-corrected chi connectivity index (χ1v) is 7.02. The Hall–Kier alpha value is -3.03. The second-order valence-electron chi connectivity index (χ2n) is 4.70. The van der Waals surface area contributed by atoms with Gasteiger partial charge in [0.1, 0.15) is 30.2 Å². The van der Waals surface area contributed by atoms with Crippen LogP contribution >= 0.6 is 0 Å². The quantitative estimate of drug-likeness (QED) is 0.700. The van der Waals surface area contributed by atoms with E-state index in [4.69, 9.17) is 4.74 Å². The van der Waals surface area contributed by atoms with Crippen molar-refractivity contribution in [1.82, 2.24) is 24.7 Å². The van der Waals surface area contributed by atoms with Crippen LogP contribution in [0.1, 0.15) is 0 Å². The smallest absolute Gasteiger partial charge is 0.223 e. The summed E-state index contributed by atoms with van der Waals surface area (Å²) >= 11 is 0. The Morgan fingerprint density at radius 3 is 2.74 bits per heavy atom. The monoisotopic (exact) mass is 314 g/mol. The molecule has 2 aromatic heterocycles. The van der Waals surface area contributed by atoms with Gasteiger partial charge in [-0.2, -0.15) is 5.10 Å². The molecule has 0 saturated carbocycles. The summed E-state index contributed by atoms with van der Waals surface area (Å²) in [6.45, 7) is 0.919. The lowest BCUT2D eigenvalue weighted by Crippen LogP contribution is -2.13. The number of aromatic nitrogens is 5. The van der Waals surface area contributed by atoms with Crippen LogP contribution in [0.4, 0.5) is 10.3 Å². The molecule has 2 heterocycles. The number of anilines is 1. The maximum atomic E-state index is 12.8. The summed E-state index contributed by atoms with van der Waals surface area (Å²) in [7, 11) is 1.80. The Bertz CT molecular complexity index is 774. The topological polar surface area (TPSA) is 77.8 Å². The fraction of sp³-hybridized carbons (Fsp3) is 0.200. The molecular formula is C15H15FN6O. The van der Waals surface area contributed by atoms with Crippen molar-refractivity contribution in [2.45, 2.75) is 0 Å². The molecule has 7 nitrogen and oxygen atoms in total. The minimum absolute atomic E-state index is 0.288. The van der Waals surface area contributed by atoms with Gasteiger partial charge in [0.25, 0.3) is 0 Å². The molecule has 0 aliphatic rings. The van der Waals surface area contributed by atoms with Gasteiger partial charge in [-0.05, 0) is 30.3 Å². The number of nitrogens with one attached hydrogen (secondary N) is 1. The highest BCUT2D eigenvalue weighted by molar-refractivity contribution is 5.50. The third-order valence-corrected chi connectivity index (χ3v) is 3.06. The van der Waals surface area contributed by atoms with E-state index in [0.29, 0.717) is 36.4 Å². The van der Waals surface area contributed by atoms with Gasteiger partial charge in [-0.3, -0.25) is 0 Å². The molecule has 0 spiro atoms. The summed E-state index contributed by atoms with van der Waals surface area (Å²) in [4.78, 5) is 12.7. The zero-order chi connectivity index (χ0) is 16.1. The first-order chi connectivity index (χ1) is 11.2. The Morgan fingerprint density at radius 2 is 2.00 bits per heavy atom. The van der Waals surface area contributed by atoms with Crippen LogP contribution in [0.3, 0.4) is 0 Å². The number of rotatable bonds is 6. The van der Waals surface area contributed by atoms with E-state index in [1.807, 2.05) is 0 Å². The van der Waals surface area contributed by atoms with Gasteiger partial charge in [0.2, 0.25) is 5.95 Å². The Kier molecular flexibility index (Phi) is 4.41. The number of halogens is 1. The van der Waals surface area contributed by atoms with Crippen LogP contribution in [0, 0.1) is 5.82 Å². The molecule has 0 bridgehead atoms. The van der Waals surface area contributed by atoms with E-state index in [-0.39, 0.29) is 5.82 Å². The van der Waals surface area contributed by atoms with E-state index < -0.39 is 0 Å².